The molecule has 2 rings (SSSR count). The molecule has 0 saturated heterocycles. The molecule has 3 atom stereocenters. The highest BCUT2D eigenvalue weighted by atomic mass is 19.1. The molecule has 1 aromatic carbocycles. The van der Waals surface area contributed by atoms with E-state index in [-0.39, 0.29) is 24.6 Å². The van der Waals surface area contributed by atoms with Crippen LogP contribution in [0.25, 0.3) is 0 Å². The minimum absolute atomic E-state index is 0.188. The van der Waals surface area contributed by atoms with Gasteiger partial charge >= 0.3 is 0 Å². The van der Waals surface area contributed by atoms with Gasteiger partial charge in [-0.3, -0.25) is 0 Å². The van der Waals surface area contributed by atoms with Gasteiger partial charge in [0, 0.05) is 19.1 Å². The maximum Gasteiger partial charge on any atom is 0.128 e. The van der Waals surface area contributed by atoms with E-state index in [1.165, 1.54) is 6.07 Å². The summed E-state index contributed by atoms with van der Waals surface area (Å²) in [6.07, 6.45) is -0.526. The van der Waals surface area contributed by atoms with Crippen LogP contribution in [-0.4, -0.2) is 43.7 Å². The van der Waals surface area contributed by atoms with Gasteiger partial charge in [0.05, 0.1) is 32.0 Å². The molecule has 0 bridgehead atoms. The number of aliphatic hydroxyl groups excluding tert-OH is 1. The molecule has 0 radical (unpaired) electrons. The molecule has 0 aromatic heterocycles. The average molecular weight is 270 g/mol. The minimum Gasteiger partial charge on any atom is -0.390 e. The Kier molecular flexibility index (Phi) is 5.27. The van der Waals surface area contributed by atoms with E-state index >= 15 is 0 Å². The Morgan fingerprint density at radius 2 is 2.05 bits per heavy atom. The number of ether oxygens (including phenoxy) is 3. The fourth-order valence-corrected chi connectivity index (χ4v) is 2.02. The lowest BCUT2D eigenvalue weighted by molar-refractivity contribution is -0.199. The molecule has 1 fully saturated rings. The van der Waals surface area contributed by atoms with Gasteiger partial charge < -0.3 is 19.3 Å². The Balaban J connectivity index is 1.78. The summed E-state index contributed by atoms with van der Waals surface area (Å²) in [6.45, 7) is 1.08. The first kappa shape index (κ1) is 14.4. The van der Waals surface area contributed by atoms with E-state index in [2.05, 4.69) is 0 Å². The van der Waals surface area contributed by atoms with Crippen molar-refractivity contribution in [1.82, 2.24) is 0 Å². The van der Waals surface area contributed by atoms with E-state index in [1.807, 2.05) is 0 Å². The molecule has 19 heavy (non-hydrogen) atoms. The van der Waals surface area contributed by atoms with E-state index in [0.29, 0.717) is 25.2 Å². The zero-order chi connectivity index (χ0) is 13.7. The van der Waals surface area contributed by atoms with E-state index in [1.54, 1.807) is 25.3 Å². The standard InChI is InChI=1S/C14H19FO4/c1-17-6-7-18-14-12(16)8-13(14)19-9-10-4-2-3-5-11(10)15/h2-5,12-14,16H,6-9H2,1H3. The van der Waals surface area contributed by atoms with Gasteiger partial charge in [-0.25, -0.2) is 4.39 Å². The van der Waals surface area contributed by atoms with E-state index in [9.17, 15) is 9.50 Å². The van der Waals surface area contributed by atoms with Gasteiger partial charge in [0.1, 0.15) is 11.9 Å². The molecule has 106 valence electrons. The monoisotopic (exact) mass is 270 g/mol. The van der Waals surface area contributed by atoms with E-state index in [4.69, 9.17) is 14.2 Å². The smallest absolute Gasteiger partial charge is 0.128 e. The summed E-state index contributed by atoms with van der Waals surface area (Å²) in [4.78, 5) is 0. The third-order valence-corrected chi connectivity index (χ3v) is 3.23. The maximum atomic E-state index is 13.4. The molecule has 0 aliphatic heterocycles. The molecule has 1 aromatic rings. The van der Waals surface area contributed by atoms with Crippen LogP contribution < -0.4 is 0 Å². The van der Waals surface area contributed by atoms with Crippen LogP contribution in [0, 0.1) is 5.82 Å². The van der Waals surface area contributed by atoms with Crippen LogP contribution in [0.15, 0.2) is 24.3 Å². The van der Waals surface area contributed by atoms with Crippen molar-refractivity contribution in [2.75, 3.05) is 20.3 Å². The van der Waals surface area contributed by atoms with Crippen molar-refractivity contribution in [2.45, 2.75) is 31.3 Å². The van der Waals surface area contributed by atoms with Crippen LogP contribution in [0.2, 0.25) is 0 Å². The highest BCUT2D eigenvalue weighted by Crippen LogP contribution is 2.28. The minimum atomic E-state index is -0.512. The molecule has 0 heterocycles. The number of methoxy groups -OCH3 is 1. The van der Waals surface area contributed by atoms with Crippen LogP contribution in [-0.2, 0) is 20.8 Å². The molecule has 4 nitrogen and oxygen atoms in total. The Morgan fingerprint density at radius 1 is 1.26 bits per heavy atom. The van der Waals surface area contributed by atoms with Gasteiger partial charge in [0.15, 0.2) is 0 Å². The highest BCUT2D eigenvalue weighted by molar-refractivity contribution is 5.16. The third kappa shape index (κ3) is 3.73. The summed E-state index contributed by atoms with van der Waals surface area (Å²) in [7, 11) is 1.59. The summed E-state index contributed by atoms with van der Waals surface area (Å²) in [5, 5.41) is 9.61. The largest absolute Gasteiger partial charge is 0.390 e. The summed E-state index contributed by atoms with van der Waals surface area (Å²) in [5.74, 6) is -0.278. The van der Waals surface area contributed by atoms with Gasteiger partial charge in [-0.05, 0) is 6.07 Å². The quantitative estimate of drug-likeness (QED) is 0.763. The lowest BCUT2D eigenvalue weighted by atomic mass is 9.88. The van der Waals surface area contributed by atoms with Crippen LogP contribution in [0.1, 0.15) is 12.0 Å². The topological polar surface area (TPSA) is 47.9 Å². The Hall–Kier alpha value is -1.01. The lowest BCUT2D eigenvalue weighted by Crippen LogP contribution is -2.53. The summed E-state index contributed by atoms with van der Waals surface area (Å²) >= 11 is 0. The molecular formula is C14H19FO4. The van der Waals surface area contributed by atoms with Crippen LogP contribution >= 0.6 is 0 Å². The molecular weight excluding hydrogens is 251 g/mol. The van der Waals surface area contributed by atoms with Gasteiger partial charge in [-0.2, -0.15) is 0 Å². The fraction of sp³-hybridized carbons (Fsp3) is 0.571. The first-order valence-electron chi connectivity index (χ1n) is 6.36. The molecule has 0 spiro atoms. The number of hydrogen-bond donors (Lipinski definition) is 1. The summed E-state index contributed by atoms with van der Waals surface area (Å²) in [6, 6.07) is 6.50. The third-order valence-electron chi connectivity index (χ3n) is 3.23. The van der Waals surface area contributed by atoms with Crippen molar-refractivity contribution in [3.63, 3.8) is 0 Å². The van der Waals surface area contributed by atoms with Crippen LogP contribution in [0.5, 0.6) is 0 Å². The van der Waals surface area contributed by atoms with Gasteiger partial charge in [0.25, 0.3) is 0 Å². The summed E-state index contributed by atoms with van der Waals surface area (Å²) < 4.78 is 29.3. The molecule has 1 aliphatic carbocycles. The second-order valence-corrected chi connectivity index (χ2v) is 4.57. The van der Waals surface area contributed by atoms with Gasteiger partial charge in [-0.1, -0.05) is 18.2 Å². The van der Waals surface area contributed by atoms with Crippen molar-refractivity contribution in [3.8, 4) is 0 Å². The van der Waals surface area contributed by atoms with Crippen LogP contribution in [0.4, 0.5) is 4.39 Å². The predicted molar refractivity (Wildman–Crippen MR) is 67.2 cm³/mol. The molecule has 5 heteroatoms. The second-order valence-electron chi connectivity index (χ2n) is 4.57. The number of halogens is 1. The predicted octanol–water partition coefficient (Wildman–Crippen LogP) is 1.51. The van der Waals surface area contributed by atoms with Crippen molar-refractivity contribution in [3.05, 3.63) is 35.6 Å². The zero-order valence-corrected chi connectivity index (χ0v) is 10.9. The molecule has 3 unspecified atom stereocenters. The van der Waals surface area contributed by atoms with Crippen molar-refractivity contribution in [1.29, 1.82) is 0 Å². The van der Waals surface area contributed by atoms with Gasteiger partial charge in [0.2, 0.25) is 0 Å². The Labute approximate surface area is 112 Å². The normalized spacial score (nSPS) is 26.2. The van der Waals surface area contributed by atoms with Gasteiger partial charge in [-0.15, -0.1) is 0 Å². The average Bonchev–Trinajstić information content (AvgIpc) is 2.41. The first-order chi connectivity index (χ1) is 9.22. The highest BCUT2D eigenvalue weighted by Gasteiger charge is 2.41. The SMILES string of the molecule is COCCOC1C(O)CC1OCc1ccccc1F. The number of rotatable bonds is 7. The van der Waals surface area contributed by atoms with E-state index in [0.717, 1.165) is 0 Å². The van der Waals surface area contributed by atoms with Crippen molar-refractivity contribution >= 4 is 0 Å². The fourth-order valence-electron chi connectivity index (χ4n) is 2.02. The van der Waals surface area contributed by atoms with Crippen LogP contribution in [0.3, 0.4) is 0 Å². The number of aliphatic hydroxyl groups is 1. The molecule has 1 saturated carbocycles. The summed E-state index contributed by atoms with van der Waals surface area (Å²) in [5.41, 5.74) is 0.513. The second kappa shape index (κ2) is 6.96. The van der Waals surface area contributed by atoms with Crippen molar-refractivity contribution in [2.24, 2.45) is 0 Å². The van der Waals surface area contributed by atoms with E-state index < -0.39 is 6.10 Å². The molecule has 0 amide bonds. The number of benzene rings is 1. The molecule has 1 N–H and O–H groups in total. The molecule has 1 aliphatic rings. The number of hydrogen-bond acceptors (Lipinski definition) is 4. The zero-order valence-electron chi connectivity index (χ0n) is 10.9. The lowest BCUT2D eigenvalue weighted by Gasteiger charge is -2.40. The Morgan fingerprint density at radius 3 is 2.74 bits per heavy atom. The maximum absolute atomic E-state index is 13.4. The first-order valence-corrected chi connectivity index (χ1v) is 6.36. The van der Waals surface area contributed by atoms with Crippen molar-refractivity contribution < 1.29 is 23.7 Å². The Bertz CT molecular complexity index is 399.